The van der Waals surface area contributed by atoms with Crippen molar-refractivity contribution >= 4 is 39.7 Å². The van der Waals surface area contributed by atoms with Crippen molar-refractivity contribution in [2.24, 2.45) is 0 Å². The fourth-order valence-electron chi connectivity index (χ4n) is 3.78. The van der Waals surface area contributed by atoms with Crippen molar-refractivity contribution in [1.82, 2.24) is 4.90 Å². The molecular formula is C22H22Cl2N2. The molecular weight excluding hydrogens is 363 g/mol. The van der Waals surface area contributed by atoms with Crippen molar-refractivity contribution in [1.29, 1.82) is 0 Å². The predicted octanol–water partition coefficient (Wildman–Crippen LogP) is 6.22. The lowest BCUT2D eigenvalue weighted by Crippen LogP contribution is -2.41. The van der Waals surface area contributed by atoms with Crippen molar-refractivity contribution in [3.05, 3.63) is 76.3 Å². The molecule has 0 spiro atoms. The molecule has 1 fully saturated rings. The van der Waals surface area contributed by atoms with Crippen molar-refractivity contribution in [3.8, 4) is 0 Å². The van der Waals surface area contributed by atoms with Gasteiger partial charge in [0.15, 0.2) is 0 Å². The summed E-state index contributed by atoms with van der Waals surface area (Å²) in [6.45, 7) is 3.06. The maximum atomic E-state index is 6.16. The maximum absolute atomic E-state index is 6.16. The second kappa shape index (κ2) is 7.87. The molecule has 3 aromatic rings. The highest BCUT2D eigenvalue weighted by atomic mass is 35.5. The predicted molar refractivity (Wildman–Crippen MR) is 112 cm³/mol. The molecule has 0 saturated carbocycles. The number of halogens is 2. The Labute approximate surface area is 164 Å². The van der Waals surface area contributed by atoms with Gasteiger partial charge in [-0.15, -0.1) is 0 Å². The SMILES string of the molecule is Clc1ccc(CN2CCCC(Nc3cccc4ccccc34)C2)cc1Cl. The Balaban J connectivity index is 1.45. The molecule has 4 rings (SSSR count). The number of anilines is 1. The van der Waals surface area contributed by atoms with E-state index >= 15 is 0 Å². The molecule has 1 heterocycles. The largest absolute Gasteiger partial charge is 0.381 e. The fraction of sp³-hybridized carbons (Fsp3) is 0.273. The lowest BCUT2D eigenvalue weighted by atomic mass is 10.0. The van der Waals surface area contributed by atoms with Gasteiger partial charge in [0.2, 0.25) is 0 Å². The Morgan fingerprint density at radius 2 is 1.81 bits per heavy atom. The van der Waals surface area contributed by atoms with E-state index in [9.17, 15) is 0 Å². The number of likely N-dealkylation sites (tertiary alicyclic amines) is 1. The van der Waals surface area contributed by atoms with Crippen LogP contribution in [0.4, 0.5) is 5.69 Å². The molecule has 1 aliphatic rings. The van der Waals surface area contributed by atoms with Gasteiger partial charge in [0, 0.05) is 30.2 Å². The van der Waals surface area contributed by atoms with Crippen molar-refractivity contribution in [2.45, 2.75) is 25.4 Å². The molecule has 0 aromatic heterocycles. The smallest absolute Gasteiger partial charge is 0.0595 e. The van der Waals surface area contributed by atoms with Gasteiger partial charge in [-0.3, -0.25) is 4.90 Å². The van der Waals surface area contributed by atoms with E-state index in [1.54, 1.807) is 0 Å². The normalized spacial score (nSPS) is 18.2. The number of fused-ring (bicyclic) bond motifs is 1. The zero-order chi connectivity index (χ0) is 17.9. The number of rotatable bonds is 4. The average molecular weight is 385 g/mol. The molecule has 1 saturated heterocycles. The molecule has 1 atom stereocenters. The summed E-state index contributed by atoms with van der Waals surface area (Å²) in [6.07, 6.45) is 2.39. The highest BCUT2D eigenvalue weighted by molar-refractivity contribution is 6.42. The minimum Gasteiger partial charge on any atom is -0.381 e. The van der Waals surface area contributed by atoms with Crippen LogP contribution in [0.25, 0.3) is 10.8 Å². The van der Waals surface area contributed by atoms with Gasteiger partial charge in [0.05, 0.1) is 10.0 Å². The standard InChI is InChI=1S/C22H22Cl2N2/c23-20-11-10-16(13-21(20)24)14-26-12-4-7-18(15-26)25-22-9-3-6-17-5-1-2-8-19(17)22/h1-3,5-6,8-11,13,18,25H,4,7,12,14-15H2. The Morgan fingerprint density at radius 3 is 2.69 bits per heavy atom. The number of hydrogen-bond acceptors (Lipinski definition) is 2. The van der Waals surface area contributed by atoms with Crippen LogP contribution in [0.2, 0.25) is 10.0 Å². The van der Waals surface area contributed by atoms with Gasteiger partial charge >= 0.3 is 0 Å². The van der Waals surface area contributed by atoms with Gasteiger partial charge < -0.3 is 5.32 Å². The first-order chi connectivity index (χ1) is 12.7. The van der Waals surface area contributed by atoms with Gasteiger partial charge in [0.1, 0.15) is 0 Å². The summed E-state index contributed by atoms with van der Waals surface area (Å²) >= 11 is 12.2. The molecule has 26 heavy (non-hydrogen) atoms. The van der Waals surface area contributed by atoms with E-state index in [4.69, 9.17) is 23.2 Å². The van der Waals surface area contributed by atoms with Gasteiger partial charge in [-0.05, 0) is 48.5 Å². The summed E-state index contributed by atoms with van der Waals surface area (Å²) in [5.41, 5.74) is 2.44. The van der Waals surface area contributed by atoms with Crippen LogP contribution in [0, 0.1) is 0 Å². The van der Waals surface area contributed by atoms with E-state index < -0.39 is 0 Å². The lowest BCUT2D eigenvalue weighted by molar-refractivity contribution is 0.208. The molecule has 0 radical (unpaired) electrons. The fourth-order valence-corrected chi connectivity index (χ4v) is 4.11. The number of hydrogen-bond donors (Lipinski definition) is 1. The topological polar surface area (TPSA) is 15.3 Å². The second-order valence-corrected chi connectivity index (χ2v) is 7.81. The van der Waals surface area contributed by atoms with Crippen LogP contribution in [0.5, 0.6) is 0 Å². The van der Waals surface area contributed by atoms with E-state index in [1.165, 1.54) is 34.9 Å². The number of nitrogens with one attached hydrogen (secondary N) is 1. The van der Waals surface area contributed by atoms with Gasteiger partial charge in [-0.1, -0.05) is 65.7 Å². The van der Waals surface area contributed by atoms with Crippen LogP contribution in [-0.2, 0) is 6.54 Å². The molecule has 134 valence electrons. The van der Waals surface area contributed by atoms with Crippen LogP contribution >= 0.6 is 23.2 Å². The zero-order valence-corrected chi connectivity index (χ0v) is 16.1. The average Bonchev–Trinajstić information content (AvgIpc) is 2.65. The lowest BCUT2D eigenvalue weighted by Gasteiger charge is -2.34. The third-order valence-electron chi connectivity index (χ3n) is 5.04. The first kappa shape index (κ1) is 17.7. The van der Waals surface area contributed by atoms with Crippen LogP contribution < -0.4 is 5.32 Å². The minimum absolute atomic E-state index is 0.456. The van der Waals surface area contributed by atoms with Crippen LogP contribution in [-0.4, -0.2) is 24.0 Å². The molecule has 1 N–H and O–H groups in total. The summed E-state index contributed by atoms with van der Waals surface area (Å²) in [4.78, 5) is 2.49. The summed E-state index contributed by atoms with van der Waals surface area (Å²) in [7, 11) is 0. The molecule has 3 aromatic carbocycles. The number of benzene rings is 3. The Hall–Kier alpha value is -1.74. The van der Waals surface area contributed by atoms with Crippen molar-refractivity contribution in [2.75, 3.05) is 18.4 Å². The molecule has 1 aliphatic heterocycles. The van der Waals surface area contributed by atoms with Gasteiger partial charge in [-0.25, -0.2) is 0 Å². The summed E-state index contributed by atoms with van der Waals surface area (Å²) in [6, 6.07) is 21.4. The first-order valence-corrected chi connectivity index (χ1v) is 9.85. The maximum Gasteiger partial charge on any atom is 0.0595 e. The first-order valence-electron chi connectivity index (χ1n) is 9.09. The summed E-state index contributed by atoms with van der Waals surface area (Å²) < 4.78 is 0. The van der Waals surface area contributed by atoms with E-state index in [0.29, 0.717) is 16.1 Å². The van der Waals surface area contributed by atoms with E-state index in [0.717, 1.165) is 19.6 Å². The van der Waals surface area contributed by atoms with E-state index in [-0.39, 0.29) is 0 Å². The zero-order valence-electron chi connectivity index (χ0n) is 14.6. The molecule has 0 bridgehead atoms. The third-order valence-corrected chi connectivity index (χ3v) is 5.78. The van der Waals surface area contributed by atoms with E-state index in [1.807, 2.05) is 12.1 Å². The van der Waals surface area contributed by atoms with Gasteiger partial charge in [0.25, 0.3) is 0 Å². The minimum atomic E-state index is 0.456. The monoisotopic (exact) mass is 384 g/mol. The van der Waals surface area contributed by atoms with Crippen molar-refractivity contribution < 1.29 is 0 Å². The molecule has 0 aliphatic carbocycles. The van der Waals surface area contributed by atoms with Crippen molar-refractivity contribution in [3.63, 3.8) is 0 Å². The number of piperidine rings is 1. The Kier molecular flexibility index (Phi) is 5.35. The van der Waals surface area contributed by atoms with Crippen LogP contribution in [0.1, 0.15) is 18.4 Å². The van der Waals surface area contributed by atoms with Gasteiger partial charge in [-0.2, -0.15) is 0 Å². The van der Waals surface area contributed by atoms with Crippen LogP contribution in [0.15, 0.2) is 60.7 Å². The second-order valence-electron chi connectivity index (χ2n) is 6.99. The molecule has 4 heteroatoms. The Morgan fingerprint density at radius 1 is 0.962 bits per heavy atom. The Bertz CT molecular complexity index is 904. The summed E-state index contributed by atoms with van der Waals surface area (Å²) in [5, 5.41) is 7.58. The molecule has 0 amide bonds. The molecule has 1 unspecified atom stereocenters. The number of nitrogens with zero attached hydrogens (tertiary/aromatic N) is 1. The highest BCUT2D eigenvalue weighted by Gasteiger charge is 2.20. The van der Waals surface area contributed by atoms with E-state index in [2.05, 4.69) is 58.7 Å². The molecule has 2 nitrogen and oxygen atoms in total. The van der Waals surface area contributed by atoms with Crippen LogP contribution in [0.3, 0.4) is 0 Å². The highest BCUT2D eigenvalue weighted by Crippen LogP contribution is 2.27. The summed E-state index contributed by atoms with van der Waals surface area (Å²) in [5.74, 6) is 0. The third kappa shape index (κ3) is 3.98. The quantitative estimate of drug-likeness (QED) is 0.573.